The van der Waals surface area contributed by atoms with Crippen molar-refractivity contribution in [3.8, 4) is 0 Å². The molecule has 1 aliphatic heterocycles. The van der Waals surface area contributed by atoms with E-state index in [0.717, 1.165) is 19.3 Å². The van der Waals surface area contributed by atoms with E-state index in [2.05, 4.69) is 0 Å². The Morgan fingerprint density at radius 1 is 0.840 bits per heavy atom. The van der Waals surface area contributed by atoms with Gasteiger partial charge in [-0.3, -0.25) is 0 Å². The Morgan fingerprint density at radius 2 is 1.48 bits per heavy atom. The molecule has 25 heavy (non-hydrogen) atoms. The number of alkyl halides is 9. The molecule has 0 spiro atoms. The minimum absolute atomic E-state index is 0.114. The summed E-state index contributed by atoms with van der Waals surface area (Å²) in [6.45, 7) is 0.638. The third kappa shape index (κ3) is 5.38. The quantitative estimate of drug-likeness (QED) is 0.398. The molecule has 0 radical (unpaired) electrons. The fraction of sp³-hybridized carbons (Fsp3) is 1.00. The molecule has 0 bridgehead atoms. The zero-order valence-electron chi connectivity index (χ0n) is 13.2. The van der Waals surface area contributed by atoms with Crippen LogP contribution in [0.4, 0.5) is 39.5 Å². The molecule has 0 aromatic rings. The predicted octanol–water partition coefficient (Wildman–Crippen LogP) is 5.21. The van der Waals surface area contributed by atoms with E-state index >= 15 is 0 Å². The molecule has 11 heteroatoms. The normalized spacial score (nSPS) is 20.8. The molecule has 1 atom stereocenters. The minimum Gasteiger partial charge on any atom is -0.379 e. The zero-order chi connectivity index (χ0) is 19.4. The van der Waals surface area contributed by atoms with Crippen LogP contribution >= 0.6 is 0 Å². The van der Waals surface area contributed by atoms with Crippen LogP contribution in [0.25, 0.3) is 0 Å². The molecule has 0 aliphatic carbocycles. The molecule has 1 aliphatic rings. The van der Waals surface area contributed by atoms with E-state index in [4.69, 9.17) is 9.47 Å². The SMILES string of the molecule is FC(F)(F)C(F)(F)C(F)(F)C(F)(F)CCCCOCC1CCCCO1. The summed E-state index contributed by atoms with van der Waals surface area (Å²) in [4.78, 5) is 0. The highest BCUT2D eigenvalue weighted by atomic mass is 19.4. The van der Waals surface area contributed by atoms with Gasteiger partial charge in [-0.05, 0) is 32.1 Å². The van der Waals surface area contributed by atoms with Gasteiger partial charge in [0.1, 0.15) is 0 Å². The van der Waals surface area contributed by atoms with E-state index in [-0.39, 0.29) is 25.7 Å². The fourth-order valence-corrected chi connectivity index (χ4v) is 2.27. The first-order valence-corrected chi connectivity index (χ1v) is 7.72. The van der Waals surface area contributed by atoms with Crippen LogP contribution in [-0.2, 0) is 9.47 Å². The largest absolute Gasteiger partial charge is 0.460 e. The van der Waals surface area contributed by atoms with Gasteiger partial charge >= 0.3 is 23.9 Å². The Labute approximate surface area is 138 Å². The Bertz CT molecular complexity index is 404. The van der Waals surface area contributed by atoms with E-state index < -0.39 is 36.8 Å². The van der Waals surface area contributed by atoms with Gasteiger partial charge in [0.2, 0.25) is 0 Å². The smallest absolute Gasteiger partial charge is 0.379 e. The molecule has 1 heterocycles. The van der Waals surface area contributed by atoms with Crippen molar-refractivity contribution in [2.75, 3.05) is 19.8 Å². The van der Waals surface area contributed by atoms with Crippen LogP contribution in [0.15, 0.2) is 0 Å². The van der Waals surface area contributed by atoms with Gasteiger partial charge in [0.15, 0.2) is 0 Å². The van der Waals surface area contributed by atoms with Crippen LogP contribution in [0.3, 0.4) is 0 Å². The Hall–Kier alpha value is -0.710. The highest BCUT2D eigenvalue weighted by Gasteiger charge is 2.81. The van der Waals surface area contributed by atoms with E-state index in [1.807, 2.05) is 0 Å². The summed E-state index contributed by atoms with van der Waals surface area (Å²) in [6, 6.07) is 0. The number of hydrogen-bond acceptors (Lipinski definition) is 2. The molecular formula is C14H19F9O2. The highest BCUT2D eigenvalue weighted by molar-refractivity contribution is 5.00. The predicted molar refractivity (Wildman–Crippen MR) is 69.2 cm³/mol. The maximum absolute atomic E-state index is 13.2. The lowest BCUT2D eigenvalue weighted by Crippen LogP contribution is -2.60. The summed E-state index contributed by atoms with van der Waals surface area (Å²) in [5.41, 5.74) is 0. The van der Waals surface area contributed by atoms with Gasteiger partial charge in [-0.15, -0.1) is 0 Å². The lowest BCUT2D eigenvalue weighted by atomic mass is 9.99. The maximum Gasteiger partial charge on any atom is 0.460 e. The molecule has 1 unspecified atom stereocenters. The van der Waals surface area contributed by atoms with Crippen LogP contribution in [0.1, 0.15) is 38.5 Å². The molecule has 1 saturated heterocycles. The minimum atomic E-state index is -6.82. The molecule has 0 aromatic heterocycles. The van der Waals surface area contributed by atoms with E-state index in [1.54, 1.807) is 0 Å². The molecule has 1 fully saturated rings. The Morgan fingerprint density at radius 3 is 2.00 bits per heavy atom. The van der Waals surface area contributed by atoms with E-state index in [9.17, 15) is 39.5 Å². The molecule has 0 amide bonds. The first kappa shape index (κ1) is 22.3. The van der Waals surface area contributed by atoms with Gasteiger partial charge in [-0.2, -0.15) is 39.5 Å². The van der Waals surface area contributed by atoms with Gasteiger partial charge in [-0.1, -0.05) is 0 Å². The molecular weight excluding hydrogens is 371 g/mol. The Balaban J connectivity index is 2.38. The van der Waals surface area contributed by atoms with E-state index in [0.29, 0.717) is 6.61 Å². The molecule has 150 valence electrons. The first-order chi connectivity index (χ1) is 11.3. The second kappa shape index (κ2) is 8.32. The van der Waals surface area contributed by atoms with Crippen molar-refractivity contribution in [2.45, 2.75) is 68.6 Å². The molecule has 0 N–H and O–H groups in total. The molecule has 0 saturated carbocycles. The Kier molecular flexibility index (Phi) is 7.43. The number of ether oxygens (including phenoxy) is 2. The van der Waals surface area contributed by atoms with Crippen molar-refractivity contribution in [1.82, 2.24) is 0 Å². The molecule has 0 aromatic carbocycles. The first-order valence-electron chi connectivity index (χ1n) is 7.72. The number of unbranched alkanes of at least 4 members (excludes halogenated alkanes) is 1. The van der Waals surface area contributed by atoms with Crippen molar-refractivity contribution >= 4 is 0 Å². The van der Waals surface area contributed by atoms with Crippen LogP contribution < -0.4 is 0 Å². The third-order valence-electron chi connectivity index (χ3n) is 3.82. The number of rotatable bonds is 9. The zero-order valence-corrected chi connectivity index (χ0v) is 13.2. The topological polar surface area (TPSA) is 18.5 Å². The van der Waals surface area contributed by atoms with Crippen molar-refractivity contribution in [3.05, 3.63) is 0 Å². The van der Waals surface area contributed by atoms with Crippen molar-refractivity contribution in [1.29, 1.82) is 0 Å². The summed E-state index contributed by atoms with van der Waals surface area (Å²) in [5.74, 6) is -18.9. The highest BCUT2D eigenvalue weighted by Crippen LogP contribution is 2.54. The van der Waals surface area contributed by atoms with Crippen molar-refractivity contribution in [3.63, 3.8) is 0 Å². The number of hydrogen-bond donors (Lipinski definition) is 0. The molecule has 2 nitrogen and oxygen atoms in total. The van der Waals surface area contributed by atoms with Gasteiger partial charge in [0.25, 0.3) is 0 Å². The fourth-order valence-electron chi connectivity index (χ4n) is 2.27. The van der Waals surface area contributed by atoms with Gasteiger partial charge in [-0.25, -0.2) is 0 Å². The summed E-state index contributed by atoms with van der Waals surface area (Å²) in [6.07, 6.45) is -6.98. The van der Waals surface area contributed by atoms with Crippen LogP contribution in [-0.4, -0.2) is 49.9 Å². The van der Waals surface area contributed by atoms with Gasteiger partial charge in [0, 0.05) is 19.6 Å². The average Bonchev–Trinajstić information content (AvgIpc) is 2.50. The van der Waals surface area contributed by atoms with Gasteiger partial charge in [0.05, 0.1) is 12.7 Å². The summed E-state index contributed by atoms with van der Waals surface area (Å²) >= 11 is 0. The standard InChI is InChI=1S/C14H19F9O2/c15-11(16,12(17,18)13(19,20)14(21,22)23)6-2-4-7-24-9-10-5-1-3-8-25-10/h10H,1-9H2. The maximum atomic E-state index is 13.2. The van der Waals surface area contributed by atoms with Crippen molar-refractivity contribution in [2.24, 2.45) is 0 Å². The second-order valence-corrected chi connectivity index (χ2v) is 5.87. The monoisotopic (exact) mass is 390 g/mol. The second-order valence-electron chi connectivity index (χ2n) is 5.87. The summed E-state index contributed by atoms with van der Waals surface area (Å²) < 4.78 is 124. The van der Waals surface area contributed by atoms with Crippen molar-refractivity contribution < 1.29 is 49.0 Å². The summed E-state index contributed by atoms with van der Waals surface area (Å²) in [5, 5.41) is 0. The molecule has 1 rings (SSSR count). The lowest BCUT2D eigenvalue weighted by molar-refractivity contribution is -0.396. The van der Waals surface area contributed by atoms with Crippen LogP contribution in [0.2, 0.25) is 0 Å². The summed E-state index contributed by atoms with van der Waals surface area (Å²) in [7, 11) is 0. The number of halogens is 9. The third-order valence-corrected chi connectivity index (χ3v) is 3.82. The lowest BCUT2D eigenvalue weighted by Gasteiger charge is -2.33. The van der Waals surface area contributed by atoms with Crippen LogP contribution in [0, 0.1) is 0 Å². The van der Waals surface area contributed by atoms with E-state index in [1.165, 1.54) is 0 Å². The van der Waals surface area contributed by atoms with Gasteiger partial charge < -0.3 is 9.47 Å². The average molecular weight is 390 g/mol. The van der Waals surface area contributed by atoms with Crippen LogP contribution in [0.5, 0.6) is 0 Å².